The zero-order valence-electron chi connectivity index (χ0n) is 8.67. The third-order valence-corrected chi connectivity index (χ3v) is 2.79. The highest BCUT2D eigenvalue weighted by Gasteiger charge is 2.22. The van der Waals surface area contributed by atoms with Crippen molar-refractivity contribution in [3.05, 3.63) is 0 Å². The maximum Gasteiger partial charge on any atom is 0.0474 e. The first-order valence-electron chi connectivity index (χ1n) is 5.31. The molecule has 0 aromatic heterocycles. The summed E-state index contributed by atoms with van der Waals surface area (Å²) in [6.07, 6.45) is 4.99. The summed E-state index contributed by atoms with van der Waals surface area (Å²) in [6.45, 7) is 4.14. The summed E-state index contributed by atoms with van der Waals surface area (Å²) >= 11 is 0. The predicted octanol–water partition coefficient (Wildman–Crippen LogP) is 0.836. The van der Waals surface area contributed by atoms with E-state index in [4.69, 9.17) is 10.5 Å². The molecule has 0 aliphatic carbocycles. The van der Waals surface area contributed by atoms with E-state index in [9.17, 15) is 0 Å². The van der Waals surface area contributed by atoms with Crippen molar-refractivity contribution in [3.8, 4) is 0 Å². The molecule has 0 aromatic rings. The van der Waals surface area contributed by atoms with Crippen LogP contribution in [0.4, 0.5) is 0 Å². The molecule has 78 valence electrons. The Bertz CT molecular complexity index is 130. The first kappa shape index (κ1) is 11.0. The van der Waals surface area contributed by atoms with Gasteiger partial charge in [0, 0.05) is 26.3 Å². The minimum Gasteiger partial charge on any atom is -0.385 e. The van der Waals surface area contributed by atoms with Gasteiger partial charge in [-0.15, -0.1) is 0 Å². The van der Waals surface area contributed by atoms with E-state index in [0.717, 1.165) is 32.0 Å². The van der Waals surface area contributed by atoms with E-state index >= 15 is 0 Å². The Labute approximate surface area is 81.2 Å². The molecule has 3 nitrogen and oxygen atoms in total. The van der Waals surface area contributed by atoms with Gasteiger partial charge in [0.05, 0.1) is 0 Å². The number of nitrogens with zero attached hydrogens (tertiary/aromatic N) is 1. The monoisotopic (exact) mass is 186 g/mol. The maximum absolute atomic E-state index is 5.57. The Kier molecular flexibility index (Phi) is 5.35. The Hall–Kier alpha value is -0.120. The zero-order chi connectivity index (χ0) is 9.52. The Balaban J connectivity index is 2.15. The van der Waals surface area contributed by atoms with Crippen molar-refractivity contribution in [1.82, 2.24) is 4.90 Å². The quantitative estimate of drug-likeness (QED) is 0.625. The van der Waals surface area contributed by atoms with Gasteiger partial charge in [-0.2, -0.15) is 0 Å². The van der Waals surface area contributed by atoms with Crippen molar-refractivity contribution in [2.45, 2.75) is 31.7 Å². The molecule has 3 heteroatoms. The number of likely N-dealkylation sites (tertiary alicyclic amines) is 1. The van der Waals surface area contributed by atoms with Crippen LogP contribution in [0.15, 0.2) is 0 Å². The molecule has 0 radical (unpaired) electrons. The van der Waals surface area contributed by atoms with E-state index in [0.29, 0.717) is 0 Å². The van der Waals surface area contributed by atoms with Crippen LogP contribution in [0, 0.1) is 0 Å². The summed E-state index contributed by atoms with van der Waals surface area (Å²) in [7, 11) is 1.77. The summed E-state index contributed by atoms with van der Waals surface area (Å²) < 4.78 is 5.05. The van der Waals surface area contributed by atoms with Gasteiger partial charge in [-0.25, -0.2) is 0 Å². The van der Waals surface area contributed by atoms with Crippen LogP contribution in [0.3, 0.4) is 0 Å². The molecule has 1 aliphatic rings. The first-order chi connectivity index (χ1) is 6.38. The van der Waals surface area contributed by atoms with Gasteiger partial charge in [0.15, 0.2) is 0 Å². The summed E-state index contributed by atoms with van der Waals surface area (Å²) in [5.74, 6) is 0. The lowest BCUT2D eigenvalue weighted by atomic mass is 10.1. The summed E-state index contributed by atoms with van der Waals surface area (Å²) in [4.78, 5) is 2.56. The number of nitrogens with two attached hydrogens (primary N) is 1. The van der Waals surface area contributed by atoms with Crippen molar-refractivity contribution in [3.63, 3.8) is 0 Å². The predicted molar refractivity (Wildman–Crippen MR) is 54.8 cm³/mol. The smallest absolute Gasteiger partial charge is 0.0474 e. The third kappa shape index (κ3) is 3.63. The molecule has 0 amide bonds. The van der Waals surface area contributed by atoms with Gasteiger partial charge < -0.3 is 15.4 Å². The highest BCUT2D eigenvalue weighted by molar-refractivity contribution is 4.78. The van der Waals surface area contributed by atoms with Crippen LogP contribution in [-0.2, 0) is 4.74 Å². The Morgan fingerprint density at radius 1 is 1.54 bits per heavy atom. The van der Waals surface area contributed by atoms with E-state index in [1.54, 1.807) is 7.11 Å². The maximum atomic E-state index is 5.57. The third-order valence-electron chi connectivity index (χ3n) is 2.79. The van der Waals surface area contributed by atoms with E-state index < -0.39 is 0 Å². The number of methoxy groups -OCH3 is 1. The largest absolute Gasteiger partial charge is 0.385 e. The van der Waals surface area contributed by atoms with Gasteiger partial charge in [-0.1, -0.05) is 0 Å². The molecule has 1 saturated heterocycles. The van der Waals surface area contributed by atoms with Gasteiger partial charge in [0.2, 0.25) is 0 Å². The van der Waals surface area contributed by atoms with E-state index in [1.165, 1.54) is 25.9 Å². The van der Waals surface area contributed by atoms with Crippen LogP contribution < -0.4 is 5.73 Å². The van der Waals surface area contributed by atoms with Crippen LogP contribution in [0.25, 0.3) is 0 Å². The van der Waals surface area contributed by atoms with Crippen molar-refractivity contribution in [1.29, 1.82) is 0 Å². The first-order valence-corrected chi connectivity index (χ1v) is 5.31. The van der Waals surface area contributed by atoms with Crippen molar-refractivity contribution < 1.29 is 4.74 Å². The lowest BCUT2D eigenvalue weighted by Gasteiger charge is -2.23. The second-order valence-electron chi connectivity index (χ2n) is 3.76. The van der Waals surface area contributed by atoms with Crippen LogP contribution in [0.2, 0.25) is 0 Å². The van der Waals surface area contributed by atoms with Crippen LogP contribution in [0.5, 0.6) is 0 Å². The van der Waals surface area contributed by atoms with E-state index in [2.05, 4.69) is 4.90 Å². The number of hydrogen-bond donors (Lipinski definition) is 1. The highest BCUT2D eigenvalue weighted by atomic mass is 16.5. The topological polar surface area (TPSA) is 38.5 Å². The molecule has 1 heterocycles. The zero-order valence-corrected chi connectivity index (χ0v) is 8.67. The number of hydrogen-bond acceptors (Lipinski definition) is 3. The molecule has 1 fully saturated rings. The van der Waals surface area contributed by atoms with Crippen molar-refractivity contribution in [2.75, 3.05) is 33.4 Å². The lowest BCUT2D eigenvalue weighted by Crippen LogP contribution is -2.32. The molecule has 0 bridgehead atoms. The van der Waals surface area contributed by atoms with Crippen LogP contribution >= 0.6 is 0 Å². The molecule has 0 aromatic carbocycles. The van der Waals surface area contributed by atoms with Gasteiger partial charge in [-0.05, 0) is 38.8 Å². The van der Waals surface area contributed by atoms with Gasteiger partial charge >= 0.3 is 0 Å². The Morgan fingerprint density at radius 2 is 2.38 bits per heavy atom. The molecular weight excluding hydrogens is 164 g/mol. The molecule has 1 rings (SSSR count). The normalized spacial score (nSPS) is 24.0. The second-order valence-corrected chi connectivity index (χ2v) is 3.76. The lowest BCUT2D eigenvalue weighted by molar-refractivity contribution is 0.165. The average Bonchev–Trinajstić information content (AvgIpc) is 2.54. The van der Waals surface area contributed by atoms with Gasteiger partial charge in [-0.3, -0.25) is 0 Å². The molecule has 2 N–H and O–H groups in total. The fourth-order valence-electron chi connectivity index (χ4n) is 2.12. The summed E-state index contributed by atoms with van der Waals surface area (Å²) in [5.41, 5.74) is 5.57. The van der Waals surface area contributed by atoms with Crippen LogP contribution in [-0.4, -0.2) is 44.3 Å². The van der Waals surface area contributed by atoms with E-state index in [1.807, 2.05) is 0 Å². The Morgan fingerprint density at radius 3 is 3.08 bits per heavy atom. The fraction of sp³-hybridized carbons (Fsp3) is 1.00. The number of rotatable bonds is 6. The SMILES string of the molecule is COCCCN1CCCC1CCN. The molecule has 0 saturated carbocycles. The standard InChI is InChI=1S/C10H22N2O/c1-13-9-3-8-12-7-2-4-10(12)5-6-11/h10H,2-9,11H2,1H3. The molecule has 1 atom stereocenters. The molecule has 1 unspecified atom stereocenters. The molecule has 0 spiro atoms. The average molecular weight is 186 g/mol. The molecule has 13 heavy (non-hydrogen) atoms. The molecular formula is C10H22N2O. The number of ether oxygens (including phenoxy) is 1. The van der Waals surface area contributed by atoms with Crippen molar-refractivity contribution in [2.24, 2.45) is 5.73 Å². The second kappa shape index (κ2) is 6.35. The van der Waals surface area contributed by atoms with Gasteiger partial charge in [0.1, 0.15) is 0 Å². The summed E-state index contributed by atoms with van der Waals surface area (Å²) in [5, 5.41) is 0. The highest BCUT2D eigenvalue weighted by Crippen LogP contribution is 2.19. The minimum absolute atomic E-state index is 0.752. The molecule has 1 aliphatic heterocycles. The van der Waals surface area contributed by atoms with Crippen LogP contribution in [0.1, 0.15) is 25.7 Å². The van der Waals surface area contributed by atoms with E-state index in [-0.39, 0.29) is 0 Å². The van der Waals surface area contributed by atoms with Gasteiger partial charge in [0.25, 0.3) is 0 Å². The summed E-state index contributed by atoms with van der Waals surface area (Å²) in [6, 6.07) is 0.752. The minimum atomic E-state index is 0.752. The van der Waals surface area contributed by atoms with Crippen molar-refractivity contribution >= 4 is 0 Å². The fourth-order valence-corrected chi connectivity index (χ4v) is 2.12.